The van der Waals surface area contributed by atoms with Gasteiger partial charge in [-0.25, -0.2) is 8.42 Å². The van der Waals surface area contributed by atoms with Crippen LogP contribution in [0.4, 0.5) is 5.69 Å². The van der Waals surface area contributed by atoms with E-state index in [0.717, 1.165) is 18.4 Å². The summed E-state index contributed by atoms with van der Waals surface area (Å²) >= 11 is 0. The number of benzene rings is 2. The zero-order chi connectivity index (χ0) is 16.2. The third kappa shape index (κ3) is 3.89. The molecule has 0 aliphatic heterocycles. The quantitative estimate of drug-likeness (QED) is 0.848. The van der Waals surface area contributed by atoms with E-state index in [1.807, 2.05) is 43.3 Å². The first-order chi connectivity index (χ1) is 10.5. The Labute approximate surface area is 133 Å². The van der Waals surface area contributed by atoms with Gasteiger partial charge in [-0.1, -0.05) is 45.0 Å². The summed E-state index contributed by atoms with van der Waals surface area (Å²) in [6.45, 7) is 6.34. The van der Waals surface area contributed by atoms with Crippen LogP contribution in [0.5, 0.6) is 0 Å². The van der Waals surface area contributed by atoms with Crippen molar-refractivity contribution in [2.75, 3.05) is 4.72 Å². The van der Waals surface area contributed by atoms with Crippen molar-refractivity contribution in [2.45, 2.75) is 44.4 Å². The van der Waals surface area contributed by atoms with Crippen molar-refractivity contribution < 1.29 is 8.42 Å². The van der Waals surface area contributed by atoms with Crippen LogP contribution in [0.15, 0.2) is 53.4 Å². The van der Waals surface area contributed by atoms with E-state index in [1.165, 1.54) is 5.56 Å². The molecule has 0 fully saturated rings. The van der Waals surface area contributed by atoms with Crippen molar-refractivity contribution in [2.24, 2.45) is 0 Å². The highest BCUT2D eigenvalue weighted by Gasteiger charge is 2.14. The molecule has 0 amide bonds. The SMILES string of the molecule is CCc1ccc(S(=O)(=O)Nc2ccc(C(C)CC)cc2)cc1. The molecule has 0 aliphatic rings. The Hall–Kier alpha value is -1.81. The van der Waals surface area contributed by atoms with E-state index in [-0.39, 0.29) is 4.90 Å². The number of anilines is 1. The summed E-state index contributed by atoms with van der Waals surface area (Å²) in [6, 6.07) is 14.6. The number of nitrogens with one attached hydrogen (secondary N) is 1. The maximum absolute atomic E-state index is 12.4. The van der Waals surface area contributed by atoms with Crippen LogP contribution in [-0.2, 0) is 16.4 Å². The lowest BCUT2D eigenvalue weighted by molar-refractivity contribution is 0.601. The Bertz CT molecular complexity index is 704. The first-order valence-electron chi connectivity index (χ1n) is 7.68. The smallest absolute Gasteiger partial charge is 0.261 e. The molecule has 1 atom stereocenters. The van der Waals surface area contributed by atoms with Gasteiger partial charge in [0.25, 0.3) is 10.0 Å². The highest BCUT2D eigenvalue weighted by Crippen LogP contribution is 2.22. The molecule has 3 nitrogen and oxygen atoms in total. The standard InChI is InChI=1S/C18H23NO2S/c1-4-14(3)16-8-10-17(11-9-16)19-22(20,21)18-12-6-15(5-2)7-13-18/h6-14,19H,4-5H2,1-3H3. The van der Waals surface area contributed by atoms with Gasteiger partial charge in [-0.2, -0.15) is 0 Å². The van der Waals surface area contributed by atoms with Gasteiger partial charge in [0.2, 0.25) is 0 Å². The molecule has 2 aromatic rings. The van der Waals surface area contributed by atoms with Crippen LogP contribution >= 0.6 is 0 Å². The van der Waals surface area contributed by atoms with Crippen LogP contribution in [0.2, 0.25) is 0 Å². The summed E-state index contributed by atoms with van der Waals surface area (Å²) in [7, 11) is -3.53. The minimum atomic E-state index is -3.53. The zero-order valence-corrected chi connectivity index (χ0v) is 14.2. The summed E-state index contributed by atoms with van der Waals surface area (Å²) in [5, 5.41) is 0. The average molecular weight is 317 g/mol. The van der Waals surface area contributed by atoms with Gasteiger partial charge >= 0.3 is 0 Å². The maximum Gasteiger partial charge on any atom is 0.261 e. The molecule has 2 aromatic carbocycles. The Morgan fingerprint density at radius 2 is 1.55 bits per heavy atom. The molecule has 0 aliphatic carbocycles. The van der Waals surface area contributed by atoms with Crippen LogP contribution in [0.25, 0.3) is 0 Å². The number of aryl methyl sites for hydroxylation is 1. The summed E-state index contributed by atoms with van der Waals surface area (Å²) in [6.07, 6.45) is 1.96. The summed E-state index contributed by atoms with van der Waals surface area (Å²) in [5.74, 6) is 0.479. The van der Waals surface area contributed by atoms with Crippen LogP contribution < -0.4 is 4.72 Å². The van der Waals surface area contributed by atoms with Gasteiger partial charge < -0.3 is 0 Å². The second-order valence-corrected chi connectivity index (χ2v) is 7.22. The van der Waals surface area contributed by atoms with Crippen LogP contribution in [0.1, 0.15) is 44.2 Å². The summed E-state index contributed by atoms with van der Waals surface area (Å²) in [4.78, 5) is 0.288. The topological polar surface area (TPSA) is 46.2 Å². The maximum atomic E-state index is 12.4. The van der Waals surface area contributed by atoms with E-state index in [9.17, 15) is 8.42 Å². The predicted molar refractivity (Wildman–Crippen MR) is 91.8 cm³/mol. The fraction of sp³-hybridized carbons (Fsp3) is 0.333. The molecule has 0 saturated carbocycles. The van der Waals surface area contributed by atoms with Gasteiger partial charge in [0, 0.05) is 5.69 Å². The summed E-state index contributed by atoms with van der Waals surface area (Å²) < 4.78 is 27.4. The Kier molecular flexibility index (Phi) is 5.24. The molecule has 0 spiro atoms. The largest absolute Gasteiger partial charge is 0.280 e. The fourth-order valence-electron chi connectivity index (χ4n) is 2.23. The third-order valence-corrected chi connectivity index (χ3v) is 5.38. The van der Waals surface area contributed by atoms with Crippen LogP contribution in [0.3, 0.4) is 0 Å². The first kappa shape index (κ1) is 16.6. The highest BCUT2D eigenvalue weighted by molar-refractivity contribution is 7.92. The molecule has 0 radical (unpaired) electrons. The molecule has 118 valence electrons. The van der Waals surface area contributed by atoms with E-state index in [1.54, 1.807) is 12.1 Å². The Morgan fingerprint density at radius 3 is 2.05 bits per heavy atom. The predicted octanol–water partition coefficient (Wildman–Crippen LogP) is 4.56. The zero-order valence-electron chi connectivity index (χ0n) is 13.3. The molecule has 1 unspecified atom stereocenters. The molecule has 0 saturated heterocycles. The van der Waals surface area contributed by atoms with Gasteiger partial charge in [0.15, 0.2) is 0 Å². The van der Waals surface area contributed by atoms with Crippen LogP contribution in [0, 0.1) is 0 Å². The third-order valence-electron chi connectivity index (χ3n) is 3.99. The minimum Gasteiger partial charge on any atom is -0.280 e. The van der Waals surface area contributed by atoms with Crippen molar-refractivity contribution in [1.82, 2.24) is 0 Å². The Morgan fingerprint density at radius 1 is 0.955 bits per heavy atom. The van der Waals surface area contributed by atoms with Crippen molar-refractivity contribution >= 4 is 15.7 Å². The first-order valence-corrected chi connectivity index (χ1v) is 9.16. The lowest BCUT2D eigenvalue weighted by Crippen LogP contribution is -2.13. The lowest BCUT2D eigenvalue weighted by Gasteiger charge is -2.12. The molecule has 0 aromatic heterocycles. The number of hydrogen-bond donors (Lipinski definition) is 1. The van der Waals surface area contributed by atoms with E-state index in [4.69, 9.17) is 0 Å². The molecule has 4 heteroatoms. The lowest BCUT2D eigenvalue weighted by atomic mass is 9.99. The number of hydrogen-bond acceptors (Lipinski definition) is 2. The van der Waals surface area contributed by atoms with E-state index in [2.05, 4.69) is 18.6 Å². The monoisotopic (exact) mass is 317 g/mol. The summed E-state index contributed by atoms with van der Waals surface area (Å²) in [5.41, 5.74) is 2.93. The molecule has 0 bridgehead atoms. The highest BCUT2D eigenvalue weighted by atomic mass is 32.2. The van der Waals surface area contributed by atoms with Gasteiger partial charge in [0.05, 0.1) is 4.90 Å². The van der Waals surface area contributed by atoms with Gasteiger partial charge in [-0.3, -0.25) is 4.72 Å². The number of sulfonamides is 1. The Balaban J connectivity index is 2.17. The van der Waals surface area contributed by atoms with Crippen molar-refractivity contribution in [3.8, 4) is 0 Å². The number of rotatable bonds is 6. The van der Waals surface area contributed by atoms with Gasteiger partial charge in [0.1, 0.15) is 0 Å². The van der Waals surface area contributed by atoms with E-state index >= 15 is 0 Å². The molecular formula is C18H23NO2S. The molecular weight excluding hydrogens is 294 g/mol. The normalized spacial score (nSPS) is 12.9. The van der Waals surface area contributed by atoms with E-state index < -0.39 is 10.0 Å². The molecule has 22 heavy (non-hydrogen) atoms. The van der Waals surface area contributed by atoms with Crippen molar-refractivity contribution in [3.05, 3.63) is 59.7 Å². The van der Waals surface area contributed by atoms with Crippen LogP contribution in [-0.4, -0.2) is 8.42 Å². The minimum absolute atomic E-state index is 0.288. The van der Waals surface area contributed by atoms with Crippen molar-refractivity contribution in [3.63, 3.8) is 0 Å². The molecule has 0 heterocycles. The van der Waals surface area contributed by atoms with Gasteiger partial charge in [-0.05, 0) is 54.2 Å². The second-order valence-electron chi connectivity index (χ2n) is 5.53. The average Bonchev–Trinajstić information content (AvgIpc) is 2.54. The molecule has 2 rings (SSSR count). The van der Waals surface area contributed by atoms with E-state index in [0.29, 0.717) is 11.6 Å². The molecule has 1 N–H and O–H groups in total. The fourth-order valence-corrected chi connectivity index (χ4v) is 3.29. The van der Waals surface area contributed by atoms with Gasteiger partial charge in [-0.15, -0.1) is 0 Å². The second kappa shape index (κ2) is 6.97. The van der Waals surface area contributed by atoms with Crippen molar-refractivity contribution in [1.29, 1.82) is 0 Å².